The molecule has 0 bridgehead atoms. The number of aldehydes is 2. The summed E-state index contributed by atoms with van der Waals surface area (Å²) in [5, 5.41) is 25.1. The van der Waals surface area contributed by atoms with Crippen molar-refractivity contribution in [3.8, 4) is 33.9 Å². The van der Waals surface area contributed by atoms with E-state index >= 15 is 0 Å². The fraction of sp³-hybridized carbons (Fsp3) is 0.270. The molecule has 5 heteroatoms. The standard InChI is InChI=1S/C37H37NO4/c1-8-27-28(29-17-25(36(2,3)4)15-23(19-39)34(29)41)13-11-21-9-10-22-12-14-31(38-33(22)32(21)27)30-18-26(37(5,6)7)16-24(20-40)35(30)42/h9-20,41-42H,8H2,1-7H3. The first-order valence-corrected chi connectivity index (χ1v) is 14.3. The van der Waals surface area contributed by atoms with Gasteiger partial charge >= 0.3 is 0 Å². The van der Waals surface area contributed by atoms with Gasteiger partial charge in [-0.3, -0.25) is 9.59 Å². The van der Waals surface area contributed by atoms with Gasteiger partial charge in [0.05, 0.1) is 22.3 Å². The van der Waals surface area contributed by atoms with Crippen molar-refractivity contribution in [3.05, 3.63) is 88.5 Å². The second-order valence-corrected chi connectivity index (χ2v) is 13.0. The Morgan fingerprint density at radius 2 is 1.17 bits per heavy atom. The number of aromatic nitrogens is 1. The largest absolute Gasteiger partial charge is 0.507 e. The number of aromatic hydroxyl groups is 2. The molecule has 0 aliphatic heterocycles. The maximum Gasteiger partial charge on any atom is 0.153 e. The Bertz CT molecular complexity index is 1890. The molecule has 0 amide bonds. The highest BCUT2D eigenvalue weighted by Crippen LogP contribution is 2.42. The molecule has 0 aliphatic rings. The number of carbonyl (C=O) groups excluding carboxylic acids is 2. The molecule has 1 aromatic heterocycles. The van der Waals surface area contributed by atoms with Gasteiger partial charge in [-0.1, -0.05) is 78.8 Å². The van der Waals surface area contributed by atoms with Crippen molar-refractivity contribution < 1.29 is 19.8 Å². The minimum absolute atomic E-state index is 0.0359. The summed E-state index contributed by atoms with van der Waals surface area (Å²) in [7, 11) is 0. The second-order valence-electron chi connectivity index (χ2n) is 13.0. The molecule has 4 aromatic carbocycles. The summed E-state index contributed by atoms with van der Waals surface area (Å²) in [6.07, 6.45) is 2.04. The summed E-state index contributed by atoms with van der Waals surface area (Å²) >= 11 is 0. The Balaban J connectivity index is 1.85. The van der Waals surface area contributed by atoms with Crippen molar-refractivity contribution in [2.24, 2.45) is 0 Å². The predicted molar refractivity (Wildman–Crippen MR) is 171 cm³/mol. The van der Waals surface area contributed by atoms with Crippen molar-refractivity contribution >= 4 is 34.2 Å². The van der Waals surface area contributed by atoms with E-state index in [2.05, 4.69) is 54.5 Å². The Hall–Kier alpha value is -4.51. The third-order valence-electron chi connectivity index (χ3n) is 8.14. The lowest BCUT2D eigenvalue weighted by Gasteiger charge is -2.23. The van der Waals surface area contributed by atoms with Gasteiger partial charge in [0.25, 0.3) is 0 Å². The molecule has 0 saturated heterocycles. The molecule has 5 rings (SSSR count). The van der Waals surface area contributed by atoms with E-state index in [4.69, 9.17) is 4.98 Å². The number of fused-ring (bicyclic) bond motifs is 3. The average molecular weight is 560 g/mol. The van der Waals surface area contributed by atoms with Crippen LogP contribution in [0.3, 0.4) is 0 Å². The first kappa shape index (κ1) is 29.0. The van der Waals surface area contributed by atoms with Crippen LogP contribution in [0.15, 0.2) is 60.7 Å². The van der Waals surface area contributed by atoms with E-state index in [0.717, 1.165) is 43.9 Å². The van der Waals surface area contributed by atoms with Gasteiger partial charge in [0.2, 0.25) is 0 Å². The molecule has 0 fully saturated rings. The Kier molecular flexibility index (Phi) is 7.18. The Labute approximate surface area is 246 Å². The zero-order valence-electron chi connectivity index (χ0n) is 25.3. The highest BCUT2D eigenvalue weighted by molar-refractivity contribution is 6.10. The number of hydrogen-bond donors (Lipinski definition) is 2. The molecule has 5 nitrogen and oxygen atoms in total. The van der Waals surface area contributed by atoms with Gasteiger partial charge in [-0.25, -0.2) is 4.98 Å². The van der Waals surface area contributed by atoms with E-state index in [1.165, 1.54) is 0 Å². The second kappa shape index (κ2) is 10.4. The third-order valence-corrected chi connectivity index (χ3v) is 8.14. The number of phenolic OH excluding ortho intramolecular Hbond substituents is 2. The van der Waals surface area contributed by atoms with Crippen LogP contribution in [-0.4, -0.2) is 27.8 Å². The summed E-state index contributed by atoms with van der Waals surface area (Å²) in [5.41, 5.74) is 6.20. The fourth-order valence-corrected chi connectivity index (χ4v) is 5.60. The minimum atomic E-state index is -0.238. The topological polar surface area (TPSA) is 87.5 Å². The average Bonchev–Trinajstić information content (AvgIpc) is 2.95. The third kappa shape index (κ3) is 4.94. The number of rotatable bonds is 5. The molecule has 0 radical (unpaired) electrons. The molecule has 0 spiro atoms. The van der Waals surface area contributed by atoms with Crippen LogP contribution < -0.4 is 0 Å². The molecule has 5 aromatic rings. The first-order chi connectivity index (χ1) is 19.8. The van der Waals surface area contributed by atoms with E-state index in [1.54, 1.807) is 12.1 Å². The van der Waals surface area contributed by atoms with E-state index < -0.39 is 0 Å². The van der Waals surface area contributed by atoms with E-state index in [-0.39, 0.29) is 33.5 Å². The summed E-state index contributed by atoms with van der Waals surface area (Å²) < 4.78 is 0. The van der Waals surface area contributed by atoms with Crippen molar-refractivity contribution in [1.82, 2.24) is 4.98 Å². The summed E-state index contributed by atoms with van der Waals surface area (Å²) in [6, 6.07) is 19.3. The van der Waals surface area contributed by atoms with E-state index in [9.17, 15) is 19.8 Å². The van der Waals surface area contributed by atoms with Crippen LogP contribution in [0.25, 0.3) is 44.1 Å². The quantitative estimate of drug-likeness (QED) is 0.166. The molecule has 42 heavy (non-hydrogen) atoms. The Morgan fingerprint density at radius 1 is 0.667 bits per heavy atom. The van der Waals surface area contributed by atoms with Crippen molar-refractivity contribution in [2.75, 3.05) is 0 Å². The fourth-order valence-electron chi connectivity index (χ4n) is 5.60. The zero-order valence-corrected chi connectivity index (χ0v) is 25.3. The number of nitrogens with zero attached hydrogens (tertiary/aromatic N) is 1. The highest BCUT2D eigenvalue weighted by atomic mass is 16.3. The van der Waals surface area contributed by atoms with Crippen molar-refractivity contribution in [3.63, 3.8) is 0 Å². The lowest BCUT2D eigenvalue weighted by atomic mass is 9.82. The highest BCUT2D eigenvalue weighted by Gasteiger charge is 2.23. The van der Waals surface area contributed by atoms with Gasteiger partial charge in [0.15, 0.2) is 12.6 Å². The van der Waals surface area contributed by atoms with Gasteiger partial charge in [0, 0.05) is 21.9 Å². The first-order valence-electron chi connectivity index (χ1n) is 14.3. The van der Waals surface area contributed by atoms with Crippen LogP contribution in [0.4, 0.5) is 0 Å². The molecular formula is C37H37NO4. The number of carbonyl (C=O) groups is 2. The van der Waals surface area contributed by atoms with E-state index in [1.807, 2.05) is 42.5 Å². The van der Waals surface area contributed by atoms with Crippen LogP contribution in [0.5, 0.6) is 11.5 Å². The lowest BCUT2D eigenvalue weighted by molar-refractivity contribution is 0.111. The smallest absolute Gasteiger partial charge is 0.153 e. The SMILES string of the molecule is CCc1c(-c2cc(C(C)(C)C)cc(C=O)c2O)ccc2ccc3ccc(-c4cc(C(C)(C)C)cc(C=O)c4O)nc3c12. The molecule has 214 valence electrons. The van der Waals surface area contributed by atoms with Gasteiger partial charge < -0.3 is 10.2 Å². The zero-order chi connectivity index (χ0) is 30.6. The number of hydrogen-bond acceptors (Lipinski definition) is 5. The van der Waals surface area contributed by atoms with Gasteiger partial charge in [-0.05, 0) is 75.2 Å². The van der Waals surface area contributed by atoms with Crippen LogP contribution in [0.1, 0.15) is 85.9 Å². The molecule has 1 heterocycles. The molecule has 0 atom stereocenters. The molecule has 0 unspecified atom stereocenters. The maximum atomic E-state index is 12.0. The number of phenols is 2. The molecule has 2 N–H and O–H groups in total. The van der Waals surface area contributed by atoms with Crippen LogP contribution in [0, 0.1) is 0 Å². The maximum absolute atomic E-state index is 12.0. The van der Waals surface area contributed by atoms with Gasteiger partial charge in [-0.2, -0.15) is 0 Å². The number of benzene rings is 4. The van der Waals surface area contributed by atoms with Gasteiger partial charge in [0.1, 0.15) is 11.5 Å². The number of pyridine rings is 1. The predicted octanol–water partition coefficient (Wildman–Crippen LogP) is 8.92. The monoisotopic (exact) mass is 559 g/mol. The summed E-state index contributed by atoms with van der Waals surface area (Å²) in [4.78, 5) is 28.9. The normalized spacial score (nSPS) is 12.2. The summed E-state index contributed by atoms with van der Waals surface area (Å²) in [6.45, 7) is 14.5. The van der Waals surface area contributed by atoms with Crippen molar-refractivity contribution in [1.29, 1.82) is 0 Å². The molecular weight excluding hydrogens is 522 g/mol. The van der Waals surface area contributed by atoms with Crippen LogP contribution in [-0.2, 0) is 17.3 Å². The number of aryl methyl sites for hydroxylation is 1. The van der Waals surface area contributed by atoms with Gasteiger partial charge in [-0.15, -0.1) is 0 Å². The Morgan fingerprint density at radius 3 is 1.71 bits per heavy atom. The molecule has 0 aliphatic carbocycles. The summed E-state index contributed by atoms with van der Waals surface area (Å²) in [5.74, 6) is -0.127. The van der Waals surface area contributed by atoms with Crippen LogP contribution >= 0.6 is 0 Å². The van der Waals surface area contributed by atoms with Crippen molar-refractivity contribution in [2.45, 2.75) is 65.7 Å². The van der Waals surface area contributed by atoms with E-state index in [0.29, 0.717) is 35.8 Å². The van der Waals surface area contributed by atoms with Crippen LogP contribution in [0.2, 0.25) is 0 Å². The minimum Gasteiger partial charge on any atom is -0.507 e. The lowest BCUT2D eigenvalue weighted by Crippen LogP contribution is -2.12. The molecule has 0 saturated carbocycles.